The van der Waals surface area contributed by atoms with Gasteiger partial charge in [0.05, 0.1) is 16.9 Å². The third-order valence-electron chi connectivity index (χ3n) is 2.36. The summed E-state index contributed by atoms with van der Waals surface area (Å²) in [6.07, 6.45) is 2.91. The maximum Gasteiger partial charge on any atom is 0.387 e. The molecule has 0 aliphatic rings. The number of rotatable bonds is 4. The number of hydrogen-bond acceptors (Lipinski definition) is 3. The molecule has 2 aromatic rings. The fourth-order valence-corrected chi connectivity index (χ4v) is 1.60. The fourth-order valence-electron chi connectivity index (χ4n) is 1.45. The van der Waals surface area contributed by atoms with Crippen molar-refractivity contribution in [1.82, 2.24) is 4.98 Å². The van der Waals surface area contributed by atoms with E-state index in [4.69, 9.17) is 11.6 Å². The summed E-state index contributed by atoms with van der Waals surface area (Å²) in [6.45, 7) is -2.90. The number of halogens is 3. The minimum atomic E-state index is -2.90. The Bertz CT molecular complexity index is 606. The number of nitrogens with zero attached hydrogens (tertiary/aromatic N) is 1. The molecule has 0 bridgehead atoms. The van der Waals surface area contributed by atoms with E-state index in [1.54, 1.807) is 0 Å². The number of amides is 1. The second-order valence-corrected chi connectivity index (χ2v) is 4.12. The van der Waals surface area contributed by atoms with Gasteiger partial charge < -0.3 is 10.1 Å². The predicted molar refractivity (Wildman–Crippen MR) is 70.3 cm³/mol. The molecule has 0 radical (unpaired) electrons. The van der Waals surface area contributed by atoms with E-state index >= 15 is 0 Å². The van der Waals surface area contributed by atoms with Gasteiger partial charge in [-0.3, -0.25) is 9.78 Å². The van der Waals surface area contributed by atoms with Crippen LogP contribution in [0.1, 0.15) is 10.4 Å². The number of hydrogen-bond donors (Lipinski definition) is 1. The standard InChI is InChI=1S/C13H9ClF2N2O2/c14-10-5-6-17-7-11(10)18-12(19)8-1-3-9(4-2-8)20-13(15)16/h1-7,13H,(H,18,19). The molecule has 0 fully saturated rings. The van der Waals surface area contributed by atoms with Gasteiger partial charge in [0.1, 0.15) is 5.75 Å². The maximum absolute atomic E-state index is 12.0. The molecular weight excluding hydrogens is 290 g/mol. The van der Waals surface area contributed by atoms with Gasteiger partial charge >= 0.3 is 6.61 Å². The Kier molecular flexibility index (Phi) is 4.47. The zero-order valence-electron chi connectivity index (χ0n) is 10.0. The molecule has 1 N–H and O–H groups in total. The SMILES string of the molecule is O=C(Nc1cnccc1Cl)c1ccc(OC(F)F)cc1. The quantitative estimate of drug-likeness (QED) is 0.938. The van der Waals surface area contributed by atoms with E-state index in [-0.39, 0.29) is 11.3 Å². The lowest BCUT2D eigenvalue weighted by Crippen LogP contribution is -2.12. The van der Waals surface area contributed by atoms with Crippen molar-refractivity contribution in [3.63, 3.8) is 0 Å². The first kappa shape index (κ1) is 14.2. The molecule has 2 rings (SSSR count). The molecule has 1 aromatic carbocycles. The van der Waals surface area contributed by atoms with Crippen LogP contribution < -0.4 is 10.1 Å². The van der Waals surface area contributed by atoms with Gasteiger partial charge in [0.15, 0.2) is 0 Å². The monoisotopic (exact) mass is 298 g/mol. The Morgan fingerprint density at radius 1 is 1.25 bits per heavy atom. The first-order chi connectivity index (χ1) is 9.56. The highest BCUT2D eigenvalue weighted by Gasteiger charge is 2.10. The van der Waals surface area contributed by atoms with Crippen LogP contribution in [0.2, 0.25) is 5.02 Å². The van der Waals surface area contributed by atoms with Crippen LogP contribution in [0.5, 0.6) is 5.75 Å². The summed E-state index contributed by atoms with van der Waals surface area (Å²) in [4.78, 5) is 15.7. The third kappa shape index (κ3) is 3.64. The van der Waals surface area contributed by atoms with Crippen LogP contribution in [0.25, 0.3) is 0 Å². The summed E-state index contributed by atoms with van der Waals surface area (Å²) in [5.41, 5.74) is 0.651. The molecular formula is C13H9ClF2N2O2. The van der Waals surface area contributed by atoms with Gasteiger partial charge in [0.2, 0.25) is 0 Å². The van der Waals surface area contributed by atoms with Crippen molar-refractivity contribution >= 4 is 23.2 Å². The van der Waals surface area contributed by atoms with Gasteiger partial charge in [-0.15, -0.1) is 0 Å². The van der Waals surface area contributed by atoms with Crippen molar-refractivity contribution in [2.75, 3.05) is 5.32 Å². The number of anilines is 1. The molecule has 0 atom stereocenters. The number of carbonyl (C=O) groups excluding carboxylic acids is 1. The summed E-state index contributed by atoms with van der Waals surface area (Å²) in [5.74, 6) is -0.445. The zero-order chi connectivity index (χ0) is 14.5. The van der Waals surface area contributed by atoms with Gasteiger partial charge in [-0.25, -0.2) is 0 Å². The summed E-state index contributed by atoms with van der Waals surface area (Å²) >= 11 is 5.88. The first-order valence-corrected chi connectivity index (χ1v) is 5.90. The van der Waals surface area contributed by atoms with Gasteiger partial charge in [-0.1, -0.05) is 11.6 Å². The average molecular weight is 299 g/mol. The topological polar surface area (TPSA) is 51.2 Å². The minimum Gasteiger partial charge on any atom is -0.435 e. The lowest BCUT2D eigenvalue weighted by atomic mass is 10.2. The van der Waals surface area contributed by atoms with Gasteiger partial charge in [0, 0.05) is 11.8 Å². The van der Waals surface area contributed by atoms with Crippen LogP contribution in [-0.2, 0) is 0 Å². The fraction of sp³-hybridized carbons (Fsp3) is 0.0769. The Morgan fingerprint density at radius 3 is 2.55 bits per heavy atom. The molecule has 1 heterocycles. The molecule has 1 amide bonds. The van der Waals surface area contributed by atoms with Crippen LogP contribution in [0, 0.1) is 0 Å². The summed E-state index contributed by atoms with van der Waals surface area (Å²) in [6, 6.07) is 6.85. The van der Waals surface area contributed by atoms with E-state index < -0.39 is 12.5 Å². The number of nitrogens with one attached hydrogen (secondary N) is 1. The highest BCUT2D eigenvalue weighted by molar-refractivity contribution is 6.33. The van der Waals surface area contributed by atoms with Crippen LogP contribution in [-0.4, -0.2) is 17.5 Å². The van der Waals surface area contributed by atoms with E-state index in [1.807, 2.05) is 0 Å². The van der Waals surface area contributed by atoms with Crippen LogP contribution in [0.4, 0.5) is 14.5 Å². The molecule has 0 aliphatic heterocycles. The van der Waals surface area contributed by atoms with E-state index in [2.05, 4.69) is 15.0 Å². The zero-order valence-corrected chi connectivity index (χ0v) is 10.8. The lowest BCUT2D eigenvalue weighted by Gasteiger charge is -2.07. The largest absolute Gasteiger partial charge is 0.435 e. The number of alkyl halides is 2. The van der Waals surface area contributed by atoms with Crippen molar-refractivity contribution in [3.05, 3.63) is 53.3 Å². The normalized spacial score (nSPS) is 10.4. The molecule has 104 valence electrons. The number of pyridine rings is 1. The Balaban J connectivity index is 2.08. The van der Waals surface area contributed by atoms with Gasteiger partial charge in [-0.05, 0) is 30.3 Å². The molecule has 4 nitrogen and oxygen atoms in total. The lowest BCUT2D eigenvalue weighted by molar-refractivity contribution is -0.0498. The van der Waals surface area contributed by atoms with E-state index in [1.165, 1.54) is 42.7 Å². The predicted octanol–water partition coefficient (Wildman–Crippen LogP) is 3.59. The van der Waals surface area contributed by atoms with Crippen molar-refractivity contribution < 1.29 is 18.3 Å². The highest BCUT2D eigenvalue weighted by Crippen LogP contribution is 2.21. The molecule has 0 saturated carbocycles. The first-order valence-electron chi connectivity index (χ1n) is 5.52. The molecule has 0 unspecified atom stereocenters. The van der Waals surface area contributed by atoms with Gasteiger partial charge in [-0.2, -0.15) is 8.78 Å². The minimum absolute atomic E-state index is 0.0176. The van der Waals surface area contributed by atoms with Crippen molar-refractivity contribution in [3.8, 4) is 5.75 Å². The number of aromatic nitrogens is 1. The Morgan fingerprint density at radius 2 is 1.95 bits per heavy atom. The smallest absolute Gasteiger partial charge is 0.387 e. The third-order valence-corrected chi connectivity index (χ3v) is 2.69. The molecule has 1 aromatic heterocycles. The van der Waals surface area contributed by atoms with Crippen LogP contribution in [0.15, 0.2) is 42.7 Å². The molecule has 20 heavy (non-hydrogen) atoms. The second-order valence-electron chi connectivity index (χ2n) is 3.71. The van der Waals surface area contributed by atoms with Gasteiger partial charge in [0.25, 0.3) is 5.91 Å². The number of ether oxygens (including phenoxy) is 1. The van der Waals surface area contributed by atoms with Crippen LogP contribution >= 0.6 is 11.6 Å². The Labute approximate surface area is 118 Å². The Hall–Kier alpha value is -2.21. The van der Waals surface area contributed by atoms with Crippen molar-refractivity contribution in [1.29, 1.82) is 0 Å². The maximum atomic E-state index is 12.0. The molecule has 0 spiro atoms. The number of carbonyl (C=O) groups is 1. The summed E-state index contributed by atoms with van der Waals surface area (Å²) in [7, 11) is 0. The molecule has 0 saturated heterocycles. The van der Waals surface area contributed by atoms with E-state index in [0.717, 1.165) is 0 Å². The summed E-state index contributed by atoms with van der Waals surface area (Å²) < 4.78 is 28.2. The van der Waals surface area contributed by atoms with Crippen molar-refractivity contribution in [2.24, 2.45) is 0 Å². The van der Waals surface area contributed by atoms with Crippen molar-refractivity contribution in [2.45, 2.75) is 6.61 Å². The molecule has 0 aliphatic carbocycles. The summed E-state index contributed by atoms with van der Waals surface area (Å²) in [5, 5.41) is 2.92. The molecule has 7 heteroatoms. The van der Waals surface area contributed by atoms with E-state index in [9.17, 15) is 13.6 Å². The van der Waals surface area contributed by atoms with E-state index in [0.29, 0.717) is 10.7 Å². The second kappa shape index (κ2) is 6.29. The average Bonchev–Trinajstić information content (AvgIpc) is 2.41. The highest BCUT2D eigenvalue weighted by atomic mass is 35.5. The number of benzene rings is 1. The van der Waals surface area contributed by atoms with Crippen LogP contribution in [0.3, 0.4) is 0 Å².